The summed E-state index contributed by atoms with van der Waals surface area (Å²) >= 11 is 1.86. The molecule has 1 aromatic rings. The van der Waals surface area contributed by atoms with Crippen molar-refractivity contribution in [3.63, 3.8) is 0 Å². The van der Waals surface area contributed by atoms with Gasteiger partial charge >= 0.3 is 0 Å². The van der Waals surface area contributed by atoms with E-state index < -0.39 is 0 Å². The average molecular weight is 295 g/mol. The van der Waals surface area contributed by atoms with Crippen LogP contribution in [0.3, 0.4) is 0 Å². The summed E-state index contributed by atoms with van der Waals surface area (Å²) in [6, 6.07) is 1.77. The minimum absolute atomic E-state index is 0.487. The fourth-order valence-corrected chi connectivity index (χ4v) is 4.57. The number of likely N-dealkylation sites (tertiary alicyclic amines) is 1. The molecule has 0 aromatic carbocycles. The van der Waals surface area contributed by atoms with Crippen LogP contribution in [0.4, 0.5) is 0 Å². The minimum Gasteiger partial charge on any atom is -0.314 e. The quantitative estimate of drug-likeness (QED) is 0.921. The summed E-state index contributed by atoms with van der Waals surface area (Å²) in [6.45, 7) is 15.8. The van der Waals surface area contributed by atoms with Crippen molar-refractivity contribution >= 4 is 11.3 Å². The number of aryl methyl sites for hydroxylation is 2. The van der Waals surface area contributed by atoms with Gasteiger partial charge in [0.15, 0.2) is 0 Å². The molecule has 20 heavy (non-hydrogen) atoms. The second-order valence-corrected chi connectivity index (χ2v) is 7.38. The first-order chi connectivity index (χ1) is 9.45. The van der Waals surface area contributed by atoms with Crippen molar-refractivity contribution in [2.24, 2.45) is 5.92 Å². The number of nitrogens with one attached hydrogen (secondary N) is 1. The smallest absolute Gasteiger partial charge is 0.0900 e. The molecule has 0 saturated carbocycles. The highest BCUT2D eigenvalue weighted by molar-refractivity contribution is 7.11. The Labute approximate surface area is 127 Å². The molecule has 0 radical (unpaired) electrons. The first kappa shape index (κ1) is 15.9. The summed E-state index contributed by atoms with van der Waals surface area (Å²) in [4.78, 5) is 8.71. The molecular weight excluding hydrogens is 266 g/mol. The molecule has 0 spiro atoms. The Bertz CT molecular complexity index is 443. The van der Waals surface area contributed by atoms with E-state index >= 15 is 0 Å². The molecule has 4 unspecified atom stereocenters. The number of hydrogen-bond donors (Lipinski definition) is 1. The van der Waals surface area contributed by atoms with Crippen molar-refractivity contribution in [3.8, 4) is 0 Å². The lowest BCUT2D eigenvalue weighted by molar-refractivity contribution is 0.0538. The maximum atomic E-state index is 4.59. The Balaban J connectivity index is 2.11. The van der Waals surface area contributed by atoms with E-state index in [2.05, 4.69) is 56.7 Å². The molecule has 1 fully saturated rings. The SMILES string of the molecule is CCNC1CCN(C(C)c2sc(C)nc2C)C(C)C1C. The van der Waals surface area contributed by atoms with Gasteiger partial charge in [0, 0.05) is 29.5 Å². The monoisotopic (exact) mass is 295 g/mol. The van der Waals surface area contributed by atoms with E-state index in [4.69, 9.17) is 0 Å². The summed E-state index contributed by atoms with van der Waals surface area (Å²) in [6.07, 6.45) is 1.25. The van der Waals surface area contributed by atoms with Gasteiger partial charge in [-0.2, -0.15) is 0 Å². The summed E-state index contributed by atoms with van der Waals surface area (Å²) in [5, 5.41) is 4.83. The average Bonchev–Trinajstić information content (AvgIpc) is 2.74. The molecule has 0 aliphatic carbocycles. The van der Waals surface area contributed by atoms with Crippen molar-refractivity contribution < 1.29 is 0 Å². The zero-order valence-electron chi connectivity index (χ0n) is 13.7. The van der Waals surface area contributed by atoms with Gasteiger partial charge in [0.1, 0.15) is 0 Å². The van der Waals surface area contributed by atoms with E-state index in [1.165, 1.54) is 28.5 Å². The van der Waals surface area contributed by atoms with Crippen LogP contribution < -0.4 is 5.32 Å². The highest BCUT2D eigenvalue weighted by Gasteiger charge is 2.35. The van der Waals surface area contributed by atoms with Gasteiger partial charge in [-0.3, -0.25) is 4.90 Å². The topological polar surface area (TPSA) is 28.2 Å². The standard InChI is InChI=1S/C16H29N3S/c1-7-17-15-8-9-19(12(4)10(15)2)13(5)16-11(3)18-14(6)20-16/h10,12-13,15,17H,7-9H2,1-6H3. The number of rotatable bonds is 4. The third-order valence-electron chi connectivity index (χ3n) is 4.90. The molecule has 114 valence electrons. The Morgan fingerprint density at radius 2 is 2.10 bits per heavy atom. The zero-order valence-corrected chi connectivity index (χ0v) is 14.5. The molecule has 1 aliphatic rings. The van der Waals surface area contributed by atoms with Gasteiger partial charge in [-0.25, -0.2) is 4.98 Å². The van der Waals surface area contributed by atoms with Crippen LogP contribution in [0.1, 0.15) is 55.7 Å². The predicted octanol–water partition coefficient (Wildman–Crippen LogP) is 3.53. The first-order valence-electron chi connectivity index (χ1n) is 7.88. The predicted molar refractivity (Wildman–Crippen MR) is 87.4 cm³/mol. The van der Waals surface area contributed by atoms with Crippen LogP contribution in [0.2, 0.25) is 0 Å². The van der Waals surface area contributed by atoms with Crippen LogP contribution in [-0.2, 0) is 0 Å². The molecule has 1 aliphatic heterocycles. The van der Waals surface area contributed by atoms with Crippen LogP contribution in [0.5, 0.6) is 0 Å². The van der Waals surface area contributed by atoms with Crippen LogP contribution in [0.15, 0.2) is 0 Å². The molecule has 0 bridgehead atoms. The first-order valence-corrected chi connectivity index (χ1v) is 8.70. The second-order valence-electron chi connectivity index (χ2n) is 6.15. The summed E-state index contributed by atoms with van der Waals surface area (Å²) in [5.41, 5.74) is 1.22. The van der Waals surface area contributed by atoms with Gasteiger partial charge in [-0.05, 0) is 46.6 Å². The Morgan fingerprint density at radius 3 is 2.65 bits per heavy atom. The minimum atomic E-state index is 0.487. The summed E-state index contributed by atoms with van der Waals surface area (Å²) in [7, 11) is 0. The van der Waals surface area contributed by atoms with E-state index in [0.29, 0.717) is 24.0 Å². The molecule has 2 heterocycles. The van der Waals surface area contributed by atoms with Crippen LogP contribution in [0.25, 0.3) is 0 Å². The lowest BCUT2D eigenvalue weighted by Gasteiger charge is -2.45. The molecule has 2 rings (SSSR count). The van der Waals surface area contributed by atoms with Crippen LogP contribution >= 0.6 is 11.3 Å². The number of piperidine rings is 1. The van der Waals surface area contributed by atoms with Gasteiger partial charge < -0.3 is 5.32 Å². The third kappa shape index (κ3) is 3.07. The third-order valence-corrected chi connectivity index (χ3v) is 6.14. The molecular formula is C16H29N3S. The van der Waals surface area contributed by atoms with Gasteiger partial charge in [0.05, 0.1) is 10.7 Å². The van der Waals surface area contributed by atoms with Gasteiger partial charge in [0.2, 0.25) is 0 Å². The highest BCUT2D eigenvalue weighted by atomic mass is 32.1. The van der Waals surface area contributed by atoms with Crippen molar-refractivity contribution in [2.75, 3.05) is 13.1 Å². The number of nitrogens with zero attached hydrogens (tertiary/aromatic N) is 2. The van der Waals surface area contributed by atoms with E-state index in [9.17, 15) is 0 Å². The molecule has 4 atom stereocenters. The molecule has 1 aromatic heterocycles. The van der Waals surface area contributed by atoms with Crippen molar-refractivity contribution in [2.45, 2.75) is 66.1 Å². The largest absolute Gasteiger partial charge is 0.314 e. The molecule has 3 nitrogen and oxygen atoms in total. The summed E-state index contributed by atoms with van der Waals surface area (Å²) in [5.74, 6) is 0.695. The zero-order chi connectivity index (χ0) is 14.9. The van der Waals surface area contributed by atoms with E-state index in [1.807, 2.05) is 11.3 Å². The number of hydrogen-bond acceptors (Lipinski definition) is 4. The molecule has 0 amide bonds. The lowest BCUT2D eigenvalue weighted by atomic mass is 9.86. The Kier molecular flexibility index (Phi) is 5.21. The van der Waals surface area contributed by atoms with Crippen LogP contribution in [0, 0.1) is 19.8 Å². The van der Waals surface area contributed by atoms with Crippen LogP contribution in [-0.4, -0.2) is 35.1 Å². The van der Waals surface area contributed by atoms with Gasteiger partial charge in [-0.15, -0.1) is 11.3 Å². The van der Waals surface area contributed by atoms with E-state index in [1.54, 1.807) is 0 Å². The van der Waals surface area contributed by atoms with Gasteiger partial charge in [-0.1, -0.05) is 13.8 Å². The molecule has 1 N–H and O–H groups in total. The van der Waals surface area contributed by atoms with E-state index in [-0.39, 0.29) is 0 Å². The maximum Gasteiger partial charge on any atom is 0.0900 e. The lowest BCUT2D eigenvalue weighted by Crippen LogP contribution is -2.53. The fourth-order valence-electron chi connectivity index (χ4n) is 3.57. The fraction of sp³-hybridized carbons (Fsp3) is 0.812. The molecule has 4 heteroatoms. The number of aromatic nitrogens is 1. The normalized spacial score (nSPS) is 29.6. The van der Waals surface area contributed by atoms with Crippen molar-refractivity contribution in [1.82, 2.24) is 15.2 Å². The summed E-state index contributed by atoms with van der Waals surface area (Å²) < 4.78 is 0. The Hall–Kier alpha value is -0.450. The second kappa shape index (κ2) is 6.54. The maximum absolute atomic E-state index is 4.59. The van der Waals surface area contributed by atoms with E-state index in [0.717, 1.165) is 6.54 Å². The van der Waals surface area contributed by atoms with Crippen molar-refractivity contribution in [1.29, 1.82) is 0 Å². The Morgan fingerprint density at radius 1 is 1.40 bits per heavy atom. The van der Waals surface area contributed by atoms with Crippen molar-refractivity contribution in [3.05, 3.63) is 15.6 Å². The highest BCUT2D eigenvalue weighted by Crippen LogP contribution is 2.35. The molecule has 1 saturated heterocycles. The number of thiazole rings is 1. The van der Waals surface area contributed by atoms with Gasteiger partial charge in [0.25, 0.3) is 0 Å².